The van der Waals surface area contributed by atoms with Gasteiger partial charge in [0.1, 0.15) is 34.2 Å². The van der Waals surface area contributed by atoms with Crippen molar-refractivity contribution in [2.45, 2.75) is 0 Å². The first kappa shape index (κ1) is 22.2. The lowest BCUT2D eigenvalue weighted by molar-refractivity contribution is 0.574. The van der Waals surface area contributed by atoms with E-state index in [0.717, 1.165) is 0 Å². The lowest BCUT2D eigenvalue weighted by atomic mass is 10.3. The first-order valence-corrected chi connectivity index (χ1v) is 11.6. The number of pyridine rings is 4. The number of aromatic nitrogens is 10. The van der Waals surface area contributed by atoms with Crippen molar-refractivity contribution in [3.63, 3.8) is 0 Å². The third-order valence-electron chi connectivity index (χ3n) is 5.42. The van der Waals surface area contributed by atoms with Crippen LogP contribution in [-0.4, -0.2) is 50.5 Å². The van der Waals surface area contributed by atoms with E-state index in [-0.39, 0.29) is 35.3 Å². The number of hydrogen-bond acceptors (Lipinski definition) is 13. The lowest BCUT2D eigenvalue weighted by Crippen LogP contribution is -1.88. The van der Waals surface area contributed by atoms with E-state index in [1.165, 1.54) is 0 Å². The molecule has 7 rings (SSSR count). The van der Waals surface area contributed by atoms with Gasteiger partial charge in [-0.05, 0) is 48.5 Å². The third kappa shape index (κ3) is 4.40. The van der Waals surface area contributed by atoms with Crippen molar-refractivity contribution in [2.24, 2.45) is 0 Å². The van der Waals surface area contributed by atoms with Gasteiger partial charge in [-0.15, -0.1) is 30.6 Å². The Morgan fingerprint density at radius 1 is 0.333 bits per heavy atom. The van der Waals surface area contributed by atoms with Gasteiger partial charge in [-0.1, -0.05) is 24.3 Å². The molecule has 0 aliphatic heterocycles. The van der Waals surface area contributed by atoms with Crippen molar-refractivity contribution < 1.29 is 13.3 Å². The van der Waals surface area contributed by atoms with Gasteiger partial charge in [-0.3, -0.25) is 9.97 Å². The maximum absolute atomic E-state index is 5.89. The van der Waals surface area contributed by atoms with E-state index in [2.05, 4.69) is 50.5 Å². The SMILES string of the molecule is c1ccc(-c2nnc(-c3cccc(-c4nnc(-c5cccc(-c6nnc(-c7ccccn7)o6)n5)o4)n3)o2)nc1. The Morgan fingerprint density at radius 2 is 0.641 bits per heavy atom. The summed E-state index contributed by atoms with van der Waals surface area (Å²) in [5, 5.41) is 24.6. The molecule has 7 heterocycles. The van der Waals surface area contributed by atoms with Crippen molar-refractivity contribution in [3.05, 3.63) is 85.2 Å². The zero-order valence-corrected chi connectivity index (χ0v) is 19.8. The molecule has 0 amide bonds. The first-order valence-electron chi connectivity index (χ1n) is 11.6. The van der Waals surface area contributed by atoms with Gasteiger partial charge in [0.2, 0.25) is 0 Å². The van der Waals surface area contributed by atoms with Crippen LogP contribution < -0.4 is 0 Å². The van der Waals surface area contributed by atoms with Gasteiger partial charge in [0.25, 0.3) is 35.3 Å². The maximum atomic E-state index is 5.89. The summed E-state index contributed by atoms with van der Waals surface area (Å²) < 4.78 is 17.4. The van der Waals surface area contributed by atoms with Crippen LogP contribution in [0.5, 0.6) is 0 Å². The monoisotopic (exact) mass is 514 g/mol. The Balaban J connectivity index is 1.15. The standard InChI is InChI=1S/C26H14N10O3/c1-3-13-27-15(7-1)21-31-33-23(37-21)17-9-5-11-19(29-17)25-35-36-26(39-25)20-12-6-10-18(30-20)24-34-32-22(38-24)16-8-2-4-14-28-16/h1-14H. The molecular weight excluding hydrogens is 500 g/mol. The van der Waals surface area contributed by atoms with Gasteiger partial charge in [0.05, 0.1) is 0 Å². The topological polar surface area (TPSA) is 168 Å². The number of rotatable bonds is 6. The molecule has 0 atom stereocenters. The van der Waals surface area contributed by atoms with E-state index in [1.807, 2.05) is 12.1 Å². The van der Waals surface area contributed by atoms with E-state index in [9.17, 15) is 0 Å². The molecule has 13 nitrogen and oxygen atoms in total. The van der Waals surface area contributed by atoms with Crippen LogP contribution in [-0.2, 0) is 0 Å². The normalized spacial score (nSPS) is 11.1. The Kier molecular flexibility index (Phi) is 5.40. The van der Waals surface area contributed by atoms with Crippen LogP contribution in [0.1, 0.15) is 0 Å². The van der Waals surface area contributed by atoms with Crippen LogP contribution in [0, 0.1) is 0 Å². The molecule has 0 bridgehead atoms. The Bertz CT molecular complexity index is 1750. The highest BCUT2D eigenvalue weighted by molar-refractivity contribution is 5.60. The van der Waals surface area contributed by atoms with Crippen LogP contribution in [0.25, 0.3) is 69.5 Å². The molecule has 0 aliphatic carbocycles. The minimum absolute atomic E-state index is 0.193. The number of nitrogens with zero attached hydrogens (tertiary/aromatic N) is 10. The first-order chi connectivity index (χ1) is 19.3. The van der Waals surface area contributed by atoms with Gasteiger partial charge in [0, 0.05) is 12.4 Å². The van der Waals surface area contributed by atoms with E-state index in [0.29, 0.717) is 34.2 Å². The summed E-state index contributed by atoms with van der Waals surface area (Å²) in [6.45, 7) is 0. The maximum Gasteiger partial charge on any atom is 0.266 e. The van der Waals surface area contributed by atoms with Crippen LogP contribution in [0.15, 0.2) is 98.4 Å². The summed E-state index contributed by atoms with van der Waals surface area (Å²) in [5.41, 5.74) is 2.88. The second-order valence-electron chi connectivity index (χ2n) is 7.98. The predicted molar refractivity (Wildman–Crippen MR) is 134 cm³/mol. The van der Waals surface area contributed by atoms with Crippen LogP contribution >= 0.6 is 0 Å². The molecule has 39 heavy (non-hydrogen) atoms. The van der Waals surface area contributed by atoms with Gasteiger partial charge >= 0.3 is 0 Å². The van der Waals surface area contributed by atoms with Crippen LogP contribution in [0.2, 0.25) is 0 Å². The highest BCUT2D eigenvalue weighted by Crippen LogP contribution is 2.27. The summed E-state index contributed by atoms with van der Waals surface area (Å²) in [6, 6.07) is 21.4. The number of hydrogen-bond donors (Lipinski definition) is 0. The summed E-state index contributed by atoms with van der Waals surface area (Å²) in [6.07, 6.45) is 3.30. The average Bonchev–Trinajstić information content (AvgIpc) is 3.80. The molecule has 186 valence electrons. The fourth-order valence-corrected chi connectivity index (χ4v) is 3.62. The molecule has 0 fully saturated rings. The molecule has 7 aromatic heterocycles. The van der Waals surface area contributed by atoms with Crippen molar-refractivity contribution >= 4 is 0 Å². The fraction of sp³-hybridized carbons (Fsp3) is 0. The zero-order valence-electron chi connectivity index (χ0n) is 19.8. The average molecular weight is 514 g/mol. The van der Waals surface area contributed by atoms with E-state index in [4.69, 9.17) is 13.3 Å². The molecular formula is C26H14N10O3. The third-order valence-corrected chi connectivity index (χ3v) is 5.42. The van der Waals surface area contributed by atoms with E-state index in [1.54, 1.807) is 73.1 Å². The molecule has 0 aliphatic rings. The Hall–Kier alpha value is -5.98. The summed E-state index contributed by atoms with van der Waals surface area (Å²) in [4.78, 5) is 17.5. The summed E-state index contributed by atoms with van der Waals surface area (Å²) >= 11 is 0. The molecule has 0 unspecified atom stereocenters. The molecule has 0 spiro atoms. The molecule has 7 aromatic rings. The fourth-order valence-electron chi connectivity index (χ4n) is 3.62. The smallest absolute Gasteiger partial charge is 0.266 e. The minimum atomic E-state index is 0.193. The van der Waals surface area contributed by atoms with Gasteiger partial charge < -0.3 is 13.3 Å². The molecule has 0 radical (unpaired) electrons. The minimum Gasteiger partial charge on any atom is -0.413 e. The summed E-state index contributed by atoms with van der Waals surface area (Å²) in [7, 11) is 0. The molecule has 13 heteroatoms. The zero-order chi connectivity index (χ0) is 26.0. The largest absolute Gasteiger partial charge is 0.413 e. The molecule has 0 aromatic carbocycles. The van der Waals surface area contributed by atoms with Crippen LogP contribution in [0.4, 0.5) is 0 Å². The van der Waals surface area contributed by atoms with Crippen molar-refractivity contribution in [2.75, 3.05) is 0 Å². The predicted octanol–water partition coefficient (Wildman–Crippen LogP) is 4.42. The van der Waals surface area contributed by atoms with Gasteiger partial charge in [0.15, 0.2) is 0 Å². The summed E-state index contributed by atoms with van der Waals surface area (Å²) in [5.74, 6) is 1.43. The second kappa shape index (κ2) is 9.48. The van der Waals surface area contributed by atoms with E-state index >= 15 is 0 Å². The van der Waals surface area contributed by atoms with Gasteiger partial charge in [-0.25, -0.2) is 9.97 Å². The van der Waals surface area contributed by atoms with Crippen molar-refractivity contribution in [1.82, 2.24) is 50.5 Å². The molecule has 0 saturated heterocycles. The Morgan fingerprint density at radius 3 is 0.949 bits per heavy atom. The van der Waals surface area contributed by atoms with E-state index < -0.39 is 0 Å². The van der Waals surface area contributed by atoms with Crippen molar-refractivity contribution in [1.29, 1.82) is 0 Å². The Labute approximate surface area is 218 Å². The van der Waals surface area contributed by atoms with Crippen molar-refractivity contribution in [3.8, 4) is 69.5 Å². The highest BCUT2D eigenvalue weighted by Gasteiger charge is 2.18. The second-order valence-corrected chi connectivity index (χ2v) is 7.98. The lowest BCUT2D eigenvalue weighted by Gasteiger charge is -1.98. The van der Waals surface area contributed by atoms with Gasteiger partial charge in [-0.2, -0.15) is 0 Å². The quantitative estimate of drug-likeness (QED) is 0.306. The highest BCUT2D eigenvalue weighted by atomic mass is 16.4. The molecule has 0 saturated carbocycles. The molecule has 0 N–H and O–H groups in total. The van der Waals surface area contributed by atoms with Crippen LogP contribution in [0.3, 0.4) is 0 Å².